The molecule has 214 valence electrons. The lowest BCUT2D eigenvalue weighted by molar-refractivity contribution is -0.277. The predicted octanol–water partition coefficient (Wildman–Crippen LogP) is -0.637. The number of hydrogen-bond acceptors (Lipinski definition) is 13. The zero-order valence-electron chi connectivity index (χ0n) is 21.1. The summed E-state index contributed by atoms with van der Waals surface area (Å²) in [6, 6.07) is 4.77. The average molecular weight is 553 g/mol. The first-order valence-corrected chi connectivity index (χ1v) is 12.2. The SMILES string of the molecule is CC(C)(O)CCc1c(O[C@@H]2O[C@H](CO)[C@@H](O)[C@H](O)[C@H]2O)cc2c(c1O)C(=O)[C@H](O)[C@@H](c1ccc(O)c(O)c1)O2. The number of aliphatic hydroxyl groups excluding tert-OH is 5. The van der Waals surface area contributed by atoms with Crippen LogP contribution in [0.5, 0.6) is 28.7 Å². The highest BCUT2D eigenvalue weighted by molar-refractivity contribution is 6.06. The first-order valence-electron chi connectivity index (χ1n) is 12.2. The molecule has 2 heterocycles. The highest BCUT2D eigenvalue weighted by Crippen LogP contribution is 2.47. The van der Waals surface area contributed by atoms with Gasteiger partial charge in [0.15, 0.2) is 23.7 Å². The van der Waals surface area contributed by atoms with Crippen LogP contribution in [0.25, 0.3) is 0 Å². The number of carbonyl (C=O) groups is 1. The molecule has 4 rings (SSSR count). The molecular weight excluding hydrogens is 520 g/mol. The number of phenols is 3. The summed E-state index contributed by atoms with van der Waals surface area (Å²) in [4.78, 5) is 13.2. The van der Waals surface area contributed by atoms with E-state index in [1.807, 2.05) is 0 Å². The molecule has 7 atom stereocenters. The monoisotopic (exact) mass is 552 g/mol. The van der Waals surface area contributed by atoms with E-state index in [-0.39, 0.29) is 41.0 Å². The Morgan fingerprint density at radius 3 is 2.28 bits per heavy atom. The molecule has 0 amide bonds. The van der Waals surface area contributed by atoms with Crippen molar-refractivity contribution in [1.82, 2.24) is 0 Å². The molecule has 0 unspecified atom stereocenters. The van der Waals surface area contributed by atoms with E-state index >= 15 is 0 Å². The summed E-state index contributed by atoms with van der Waals surface area (Å²) in [6.07, 6.45) is -11.2. The minimum atomic E-state index is -1.80. The third kappa shape index (κ3) is 5.61. The van der Waals surface area contributed by atoms with Crippen LogP contribution in [0.3, 0.4) is 0 Å². The Kier molecular flexibility index (Phi) is 7.96. The maximum atomic E-state index is 13.2. The second-order valence-corrected chi connectivity index (χ2v) is 10.3. The zero-order chi connectivity index (χ0) is 28.8. The van der Waals surface area contributed by atoms with Crippen LogP contribution in [0, 0.1) is 0 Å². The first kappa shape index (κ1) is 28.8. The molecule has 1 saturated heterocycles. The largest absolute Gasteiger partial charge is 0.507 e. The van der Waals surface area contributed by atoms with Gasteiger partial charge in [0.25, 0.3) is 0 Å². The highest BCUT2D eigenvalue weighted by atomic mass is 16.7. The quantitative estimate of drug-likeness (QED) is 0.195. The molecule has 9 N–H and O–H groups in total. The summed E-state index contributed by atoms with van der Waals surface area (Å²) in [7, 11) is 0. The van der Waals surface area contributed by atoms with E-state index in [2.05, 4.69) is 0 Å². The molecule has 2 aromatic rings. The standard InChI is InChI=1S/C26H32O13/c1-26(2,36)6-5-11-14(38-25-23(35)21(33)19(31)16(9-27)39-25)8-15-17(18(11)30)20(32)22(34)24(37-15)10-3-4-12(28)13(29)7-10/h3-4,7-8,16,19,21-25,27-31,33-36H,5-6,9H2,1-2H3/t16-,19-,21+,22+,23-,24-,25-/m1/s1. The van der Waals surface area contributed by atoms with Crippen molar-refractivity contribution in [3.8, 4) is 28.7 Å². The van der Waals surface area contributed by atoms with Crippen molar-refractivity contribution in [3.63, 3.8) is 0 Å². The number of hydrogen-bond donors (Lipinski definition) is 9. The molecule has 2 aliphatic heterocycles. The van der Waals surface area contributed by atoms with Gasteiger partial charge in [0.2, 0.25) is 12.1 Å². The van der Waals surface area contributed by atoms with Crippen molar-refractivity contribution in [3.05, 3.63) is 41.0 Å². The van der Waals surface area contributed by atoms with Crippen LogP contribution in [0.1, 0.15) is 47.9 Å². The number of ketones is 1. The lowest BCUT2D eigenvalue weighted by atomic mass is 9.89. The zero-order valence-corrected chi connectivity index (χ0v) is 21.1. The lowest BCUT2D eigenvalue weighted by Crippen LogP contribution is -2.60. The number of benzene rings is 2. The average Bonchev–Trinajstić information content (AvgIpc) is 2.87. The van der Waals surface area contributed by atoms with Gasteiger partial charge in [0.1, 0.15) is 47.2 Å². The van der Waals surface area contributed by atoms with Crippen LogP contribution >= 0.6 is 0 Å². The van der Waals surface area contributed by atoms with Crippen LogP contribution in [0.4, 0.5) is 0 Å². The summed E-state index contributed by atoms with van der Waals surface area (Å²) >= 11 is 0. The molecule has 13 heteroatoms. The van der Waals surface area contributed by atoms with Crippen LogP contribution in [-0.4, -0.2) is 101 Å². The molecule has 39 heavy (non-hydrogen) atoms. The fraction of sp³-hybridized carbons (Fsp3) is 0.500. The smallest absolute Gasteiger partial charge is 0.229 e. The van der Waals surface area contributed by atoms with Gasteiger partial charge in [0, 0.05) is 11.6 Å². The molecular formula is C26H32O13. The van der Waals surface area contributed by atoms with Crippen molar-refractivity contribution < 1.29 is 65.0 Å². The van der Waals surface area contributed by atoms with E-state index in [0.29, 0.717) is 0 Å². The van der Waals surface area contributed by atoms with E-state index in [0.717, 1.165) is 12.1 Å². The van der Waals surface area contributed by atoms with E-state index < -0.39 is 78.2 Å². The Morgan fingerprint density at radius 2 is 1.67 bits per heavy atom. The summed E-state index contributed by atoms with van der Waals surface area (Å²) < 4.78 is 17.0. The summed E-state index contributed by atoms with van der Waals surface area (Å²) in [6.45, 7) is 2.34. The molecule has 0 saturated carbocycles. The molecule has 2 aromatic carbocycles. The third-order valence-corrected chi connectivity index (χ3v) is 6.79. The molecule has 0 aliphatic carbocycles. The third-order valence-electron chi connectivity index (χ3n) is 6.79. The van der Waals surface area contributed by atoms with E-state index in [4.69, 9.17) is 14.2 Å². The normalized spacial score (nSPS) is 29.0. The van der Waals surface area contributed by atoms with Gasteiger partial charge in [-0.1, -0.05) is 6.07 Å². The number of Topliss-reactive ketones (excluding diaryl/α,β-unsaturated/α-hetero) is 1. The fourth-order valence-corrected chi connectivity index (χ4v) is 4.52. The molecule has 0 bridgehead atoms. The number of aromatic hydroxyl groups is 3. The number of ether oxygens (including phenoxy) is 3. The Hall–Kier alpha value is -3.17. The second-order valence-electron chi connectivity index (χ2n) is 10.3. The van der Waals surface area contributed by atoms with Crippen LogP contribution < -0.4 is 9.47 Å². The van der Waals surface area contributed by atoms with Gasteiger partial charge >= 0.3 is 0 Å². The Labute approximate surface area is 222 Å². The topological polar surface area (TPSA) is 227 Å². The number of rotatable bonds is 7. The van der Waals surface area contributed by atoms with Crippen molar-refractivity contribution in [2.24, 2.45) is 0 Å². The first-order chi connectivity index (χ1) is 18.2. The Morgan fingerprint density at radius 1 is 0.974 bits per heavy atom. The number of carbonyl (C=O) groups excluding carboxylic acids is 1. The molecule has 0 spiro atoms. The van der Waals surface area contributed by atoms with Crippen molar-refractivity contribution in [2.45, 2.75) is 75.2 Å². The van der Waals surface area contributed by atoms with Crippen molar-refractivity contribution >= 4 is 5.78 Å². The number of aliphatic hydroxyl groups is 6. The van der Waals surface area contributed by atoms with Crippen LogP contribution in [-0.2, 0) is 11.2 Å². The van der Waals surface area contributed by atoms with Gasteiger partial charge in [-0.15, -0.1) is 0 Å². The molecule has 0 radical (unpaired) electrons. The number of fused-ring (bicyclic) bond motifs is 1. The number of phenolic OH excluding ortho intramolecular Hbond substituents is 3. The summed E-state index contributed by atoms with van der Waals surface area (Å²) in [5.74, 6) is -2.87. The van der Waals surface area contributed by atoms with Crippen molar-refractivity contribution in [1.29, 1.82) is 0 Å². The lowest BCUT2D eigenvalue weighted by Gasteiger charge is -2.40. The minimum absolute atomic E-state index is 0.00212. The Bertz CT molecular complexity index is 1220. The van der Waals surface area contributed by atoms with E-state index in [1.54, 1.807) is 0 Å². The summed E-state index contributed by atoms with van der Waals surface area (Å²) in [5, 5.41) is 91.7. The van der Waals surface area contributed by atoms with Crippen molar-refractivity contribution in [2.75, 3.05) is 6.61 Å². The van der Waals surface area contributed by atoms with Gasteiger partial charge < -0.3 is 60.2 Å². The van der Waals surface area contributed by atoms with Gasteiger partial charge in [-0.25, -0.2) is 0 Å². The summed E-state index contributed by atoms with van der Waals surface area (Å²) in [5.41, 5.74) is -1.43. The van der Waals surface area contributed by atoms with Gasteiger partial charge in [-0.05, 0) is 44.4 Å². The van der Waals surface area contributed by atoms with Crippen LogP contribution in [0.2, 0.25) is 0 Å². The van der Waals surface area contributed by atoms with Gasteiger partial charge in [0.05, 0.1) is 12.2 Å². The maximum absolute atomic E-state index is 13.2. The van der Waals surface area contributed by atoms with Crippen LogP contribution in [0.15, 0.2) is 24.3 Å². The molecule has 1 fully saturated rings. The van der Waals surface area contributed by atoms with E-state index in [1.165, 1.54) is 26.0 Å². The molecule has 2 aliphatic rings. The fourth-order valence-electron chi connectivity index (χ4n) is 4.52. The molecule has 13 nitrogen and oxygen atoms in total. The molecule has 0 aromatic heterocycles. The minimum Gasteiger partial charge on any atom is -0.507 e. The maximum Gasteiger partial charge on any atom is 0.229 e. The predicted molar refractivity (Wildman–Crippen MR) is 131 cm³/mol. The van der Waals surface area contributed by atoms with E-state index in [9.17, 15) is 50.8 Å². The Balaban J connectivity index is 1.77. The van der Waals surface area contributed by atoms with Gasteiger partial charge in [-0.3, -0.25) is 4.79 Å². The second kappa shape index (κ2) is 10.8. The van der Waals surface area contributed by atoms with Gasteiger partial charge in [-0.2, -0.15) is 0 Å². The highest BCUT2D eigenvalue weighted by Gasteiger charge is 2.46.